The number of aromatic nitrogens is 1. The van der Waals surface area contributed by atoms with Crippen molar-refractivity contribution in [2.24, 2.45) is 0 Å². The minimum atomic E-state index is -0.0731. The predicted molar refractivity (Wildman–Crippen MR) is 98.9 cm³/mol. The minimum Gasteiger partial charge on any atom is -0.494 e. The lowest BCUT2D eigenvalue weighted by molar-refractivity contribution is 0.317. The summed E-state index contributed by atoms with van der Waals surface area (Å²) >= 11 is 0. The summed E-state index contributed by atoms with van der Waals surface area (Å²) in [5.41, 5.74) is 2.28. The molecule has 5 heteroatoms. The molecule has 0 unspecified atom stereocenters. The fraction of sp³-hybridized carbons (Fsp3) is 0.250. The van der Waals surface area contributed by atoms with Crippen molar-refractivity contribution in [2.45, 2.75) is 13.3 Å². The minimum absolute atomic E-state index is 0.0731. The molecule has 0 atom stereocenters. The van der Waals surface area contributed by atoms with E-state index >= 15 is 0 Å². The topological polar surface area (TPSA) is 60.6 Å². The second-order valence-corrected chi connectivity index (χ2v) is 5.67. The number of benzene rings is 2. The first-order chi connectivity index (χ1) is 12.2. The maximum atomic E-state index is 12.5. The number of aromatic amines is 1. The Morgan fingerprint density at radius 3 is 2.28 bits per heavy atom. The molecular formula is C20H21NO4. The number of methoxy groups -OCH3 is 2. The predicted octanol–water partition coefficient (Wildman–Crippen LogP) is 4.00. The van der Waals surface area contributed by atoms with Crippen LogP contribution < -0.4 is 19.6 Å². The summed E-state index contributed by atoms with van der Waals surface area (Å²) in [5.74, 6) is 1.93. The maximum Gasteiger partial charge on any atom is 0.190 e. The molecule has 0 fully saturated rings. The highest BCUT2D eigenvalue weighted by Gasteiger charge is 2.10. The summed E-state index contributed by atoms with van der Waals surface area (Å²) < 4.78 is 16.2. The Morgan fingerprint density at radius 1 is 0.960 bits per heavy atom. The lowest BCUT2D eigenvalue weighted by atomic mass is 10.1. The second-order valence-electron chi connectivity index (χ2n) is 5.67. The van der Waals surface area contributed by atoms with Crippen LogP contribution in [0, 0.1) is 0 Å². The molecule has 0 bridgehead atoms. The number of hydrogen-bond acceptors (Lipinski definition) is 4. The highest BCUT2D eigenvalue weighted by atomic mass is 16.5. The third-order valence-electron chi connectivity index (χ3n) is 3.97. The molecule has 3 aromatic rings. The molecule has 0 aliphatic heterocycles. The van der Waals surface area contributed by atoms with Crippen LogP contribution in [-0.2, 0) is 0 Å². The second kappa shape index (κ2) is 7.30. The zero-order valence-electron chi connectivity index (χ0n) is 14.6. The average molecular weight is 339 g/mol. The van der Waals surface area contributed by atoms with Gasteiger partial charge in [0.15, 0.2) is 16.9 Å². The smallest absolute Gasteiger partial charge is 0.190 e. The van der Waals surface area contributed by atoms with Gasteiger partial charge in [0.1, 0.15) is 5.75 Å². The van der Waals surface area contributed by atoms with E-state index in [2.05, 4.69) is 11.9 Å². The molecule has 1 aromatic heterocycles. The van der Waals surface area contributed by atoms with Gasteiger partial charge < -0.3 is 19.2 Å². The van der Waals surface area contributed by atoms with Crippen molar-refractivity contribution >= 4 is 10.9 Å². The van der Waals surface area contributed by atoms with Gasteiger partial charge in [-0.1, -0.05) is 6.92 Å². The first-order valence-corrected chi connectivity index (χ1v) is 8.18. The van der Waals surface area contributed by atoms with Crippen molar-refractivity contribution in [3.05, 3.63) is 52.7 Å². The van der Waals surface area contributed by atoms with Crippen LogP contribution in [0.5, 0.6) is 17.2 Å². The summed E-state index contributed by atoms with van der Waals surface area (Å²) in [5, 5.41) is 0.560. The molecular weight excluding hydrogens is 318 g/mol. The lowest BCUT2D eigenvalue weighted by Gasteiger charge is -2.11. The monoisotopic (exact) mass is 339 g/mol. The number of nitrogens with one attached hydrogen (secondary N) is 1. The van der Waals surface area contributed by atoms with Crippen LogP contribution in [0.2, 0.25) is 0 Å². The van der Waals surface area contributed by atoms with Crippen molar-refractivity contribution in [3.8, 4) is 28.5 Å². The van der Waals surface area contributed by atoms with Gasteiger partial charge in [-0.05, 0) is 42.3 Å². The van der Waals surface area contributed by atoms with Gasteiger partial charge in [0.05, 0.1) is 26.3 Å². The van der Waals surface area contributed by atoms with Crippen molar-refractivity contribution in [1.82, 2.24) is 4.98 Å². The Morgan fingerprint density at radius 2 is 1.64 bits per heavy atom. The largest absolute Gasteiger partial charge is 0.494 e. The first-order valence-electron chi connectivity index (χ1n) is 8.18. The average Bonchev–Trinajstić information content (AvgIpc) is 2.65. The Labute approximate surface area is 146 Å². The van der Waals surface area contributed by atoms with Crippen molar-refractivity contribution in [3.63, 3.8) is 0 Å². The van der Waals surface area contributed by atoms with Gasteiger partial charge in [-0.2, -0.15) is 0 Å². The van der Waals surface area contributed by atoms with Crippen LogP contribution in [0.15, 0.2) is 47.3 Å². The summed E-state index contributed by atoms with van der Waals surface area (Å²) in [6.07, 6.45) is 0.963. The highest BCUT2D eigenvalue weighted by molar-refractivity contribution is 5.85. The molecule has 0 amide bonds. The van der Waals surface area contributed by atoms with Gasteiger partial charge in [0.2, 0.25) is 0 Å². The van der Waals surface area contributed by atoms with E-state index in [1.807, 2.05) is 24.3 Å². The number of hydrogen-bond donors (Lipinski definition) is 1. The number of rotatable bonds is 6. The Hall–Kier alpha value is -2.95. The number of ether oxygens (including phenoxy) is 3. The fourth-order valence-electron chi connectivity index (χ4n) is 2.68. The van der Waals surface area contributed by atoms with Gasteiger partial charge >= 0.3 is 0 Å². The Balaban J connectivity index is 2.04. The van der Waals surface area contributed by atoms with Crippen LogP contribution in [0.1, 0.15) is 13.3 Å². The van der Waals surface area contributed by atoms with Gasteiger partial charge in [0.25, 0.3) is 0 Å². The Kier molecular flexibility index (Phi) is 4.93. The molecule has 3 rings (SSSR count). The van der Waals surface area contributed by atoms with Crippen molar-refractivity contribution in [1.29, 1.82) is 0 Å². The summed E-state index contributed by atoms with van der Waals surface area (Å²) in [7, 11) is 3.12. The van der Waals surface area contributed by atoms with Crippen LogP contribution in [0.25, 0.3) is 22.2 Å². The van der Waals surface area contributed by atoms with E-state index in [9.17, 15) is 4.79 Å². The van der Waals surface area contributed by atoms with Crippen LogP contribution in [-0.4, -0.2) is 25.8 Å². The number of H-pyrrole nitrogens is 1. The molecule has 1 N–H and O–H groups in total. The van der Waals surface area contributed by atoms with E-state index in [0.29, 0.717) is 29.0 Å². The maximum absolute atomic E-state index is 12.5. The summed E-state index contributed by atoms with van der Waals surface area (Å²) in [6, 6.07) is 12.7. The van der Waals surface area contributed by atoms with E-state index in [0.717, 1.165) is 23.4 Å². The van der Waals surface area contributed by atoms with E-state index in [4.69, 9.17) is 14.2 Å². The first kappa shape index (κ1) is 16.9. The molecule has 0 spiro atoms. The SMILES string of the molecule is CCCOc1ccc(-c2cc(=O)c3cc(OC)c(OC)cc3[nH]2)cc1. The third kappa shape index (κ3) is 3.45. The van der Waals surface area contributed by atoms with Gasteiger partial charge in [-0.3, -0.25) is 4.79 Å². The third-order valence-corrected chi connectivity index (χ3v) is 3.97. The Bertz CT molecular complexity index is 929. The number of fused-ring (bicyclic) bond motifs is 1. The summed E-state index contributed by atoms with van der Waals surface area (Å²) in [6.45, 7) is 2.76. The van der Waals surface area contributed by atoms with Gasteiger partial charge in [-0.25, -0.2) is 0 Å². The molecule has 2 aromatic carbocycles. The standard InChI is InChI=1S/C20H21NO4/c1-4-9-25-14-7-5-13(6-8-14)16-11-18(22)15-10-19(23-2)20(24-3)12-17(15)21-16/h5-8,10-12H,4,9H2,1-3H3,(H,21,22). The number of pyridine rings is 1. The van der Waals surface area contributed by atoms with Gasteiger partial charge in [0, 0.05) is 23.2 Å². The summed E-state index contributed by atoms with van der Waals surface area (Å²) in [4.78, 5) is 15.8. The zero-order chi connectivity index (χ0) is 17.8. The molecule has 25 heavy (non-hydrogen) atoms. The molecule has 130 valence electrons. The normalized spacial score (nSPS) is 10.7. The van der Waals surface area contributed by atoms with Crippen LogP contribution in [0.4, 0.5) is 0 Å². The van der Waals surface area contributed by atoms with Gasteiger partial charge in [-0.15, -0.1) is 0 Å². The zero-order valence-corrected chi connectivity index (χ0v) is 14.6. The van der Waals surface area contributed by atoms with Crippen molar-refractivity contribution < 1.29 is 14.2 Å². The molecule has 0 radical (unpaired) electrons. The molecule has 0 aliphatic carbocycles. The highest BCUT2D eigenvalue weighted by Crippen LogP contribution is 2.31. The van der Waals surface area contributed by atoms with E-state index < -0.39 is 0 Å². The fourth-order valence-corrected chi connectivity index (χ4v) is 2.68. The van der Waals surface area contributed by atoms with E-state index in [1.165, 1.54) is 0 Å². The molecule has 5 nitrogen and oxygen atoms in total. The van der Waals surface area contributed by atoms with E-state index in [-0.39, 0.29) is 5.43 Å². The molecule has 0 saturated heterocycles. The lowest BCUT2D eigenvalue weighted by Crippen LogP contribution is -2.04. The quantitative estimate of drug-likeness (QED) is 0.737. The van der Waals surface area contributed by atoms with E-state index in [1.54, 1.807) is 32.4 Å². The van der Waals surface area contributed by atoms with Crippen molar-refractivity contribution in [2.75, 3.05) is 20.8 Å². The molecule has 0 saturated carbocycles. The molecule has 1 heterocycles. The van der Waals surface area contributed by atoms with Crippen LogP contribution in [0.3, 0.4) is 0 Å². The molecule has 0 aliphatic rings. The van der Waals surface area contributed by atoms with Crippen LogP contribution >= 0.6 is 0 Å².